The summed E-state index contributed by atoms with van der Waals surface area (Å²) < 4.78 is 5.49. The lowest BCUT2D eigenvalue weighted by atomic mass is 10.1. The molecule has 1 aliphatic rings. The summed E-state index contributed by atoms with van der Waals surface area (Å²) in [6.07, 6.45) is 5.33. The Bertz CT molecular complexity index is 644. The molecular weight excluding hydrogens is 304 g/mol. The zero-order chi connectivity index (χ0) is 16.9. The van der Waals surface area contributed by atoms with Crippen molar-refractivity contribution in [2.75, 3.05) is 31.1 Å². The number of furan rings is 1. The SMILES string of the molecule is CCc1cnc(C)nc1N1CCN(Cc2ccco2)C(CCO)C1. The zero-order valence-electron chi connectivity index (χ0n) is 14.5. The molecular formula is C18H26N4O2. The lowest BCUT2D eigenvalue weighted by Crippen LogP contribution is -2.53. The molecule has 0 aliphatic carbocycles. The van der Waals surface area contributed by atoms with Crippen molar-refractivity contribution in [1.29, 1.82) is 0 Å². The molecule has 6 heteroatoms. The van der Waals surface area contributed by atoms with Gasteiger partial charge in [-0.2, -0.15) is 0 Å². The Kier molecular flexibility index (Phi) is 5.48. The quantitative estimate of drug-likeness (QED) is 0.874. The third kappa shape index (κ3) is 3.76. The molecule has 24 heavy (non-hydrogen) atoms. The Morgan fingerprint density at radius 3 is 2.96 bits per heavy atom. The van der Waals surface area contributed by atoms with E-state index in [0.717, 1.165) is 56.4 Å². The van der Waals surface area contributed by atoms with E-state index >= 15 is 0 Å². The van der Waals surface area contributed by atoms with Crippen molar-refractivity contribution in [3.05, 3.63) is 41.7 Å². The van der Waals surface area contributed by atoms with E-state index < -0.39 is 0 Å². The Hall–Kier alpha value is -1.92. The third-order valence-corrected chi connectivity index (χ3v) is 4.65. The van der Waals surface area contributed by atoms with Crippen LogP contribution in [0.2, 0.25) is 0 Å². The fraction of sp³-hybridized carbons (Fsp3) is 0.556. The van der Waals surface area contributed by atoms with Gasteiger partial charge in [-0.3, -0.25) is 4.90 Å². The number of aliphatic hydroxyl groups is 1. The molecule has 0 aromatic carbocycles. The number of aliphatic hydroxyl groups excluding tert-OH is 1. The Labute approximate surface area is 143 Å². The topological polar surface area (TPSA) is 65.6 Å². The Morgan fingerprint density at radius 2 is 2.25 bits per heavy atom. The van der Waals surface area contributed by atoms with Crippen molar-refractivity contribution in [1.82, 2.24) is 14.9 Å². The van der Waals surface area contributed by atoms with E-state index in [0.29, 0.717) is 0 Å². The maximum atomic E-state index is 9.47. The number of rotatable bonds is 6. The summed E-state index contributed by atoms with van der Waals surface area (Å²) in [7, 11) is 0. The summed E-state index contributed by atoms with van der Waals surface area (Å²) in [5, 5.41) is 9.47. The Morgan fingerprint density at radius 1 is 1.38 bits per heavy atom. The first kappa shape index (κ1) is 16.9. The zero-order valence-corrected chi connectivity index (χ0v) is 14.5. The molecule has 0 amide bonds. The molecule has 1 unspecified atom stereocenters. The van der Waals surface area contributed by atoms with Crippen molar-refractivity contribution in [3.8, 4) is 0 Å². The standard InChI is InChI=1S/C18H26N4O2/c1-3-15-11-19-14(2)20-18(15)22-8-7-21(16(12-22)6-9-23)13-17-5-4-10-24-17/h4-5,10-11,16,23H,3,6-9,12-13H2,1-2H3. The molecule has 1 atom stereocenters. The highest BCUT2D eigenvalue weighted by Crippen LogP contribution is 2.24. The van der Waals surface area contributed by atoms with Gasteiger partial charge in [0, 0.05) is 44.0 Å². The summed E-state index contributed by atoms with van der Waals surface area (Å²) in [6.45, 7) is 7.76. The number of hydrogen-bond donors (Lipinski definition) is 1. The molecule has 0 spiro atoms. The molecule has 0 bridgehead atoms. The molecule has 1 fully saturated rings. The minimum absolute atomic E-state index is 0.191. The molecule has 130 valence electrons. The molecule has 0 radical (unpaired) electrons. The summed E-state index contributed by atoms with van der Waals surface area (Å²) in [4.78, 5) is 13.7. The monoisotopic (exact) mass is 330 g/mol. The summed E-state index contributed by atoms with van der Waals surface area (Å²) in [6, 6.07) is 4.21. The summed E-state index contributed by atoms with van der Waals surface area (Å²) in [5.74, 6) is 2.82. The van der Waals surface area contributed by atoms with Crippen LogP contribution in [-0.4, -0.2) is 52.3 Å². The van der Waals surface area contributed by atoms with Gasteiger partial charge in [0.25, 0.3) is 0 Å². The van der Waals surface area contributed by atoms with Crippen LogP contribution in [0.4, 0.5) is 5.82 Å². The number of anilines is 1. The van der Waals surface area contributed by atoms with Crippen LogP contribution in [0.5, 0.6) is 0 Å². The molecule has 3 rings (SSSR count). The summed E-state index contributed by atoms with van der Waals surface area (Å²) in [5.41, 5.74) is 1.18. The minimum Gasteiger partial charge on any atom is -0.468 e. The largest absolute Gasteiger partial charge is 0.468 e. The van der Waals surface area contributed by atoms with Crippen molar-refractivity contribution in [2.24, 2.45) is 0 Å². The molecule has 0 saturated carbocycles. The first-order valence-electron chi connectivity index (χ1n) is 8.66. The van der Waals surface area contributed by atoms with Crippen LogP contribution in [0.1, 0.15) is 30.5 Å². The van der Waals surface area contributed by atoms with Gasteiger partial charge in [0.1, 0.15) is 17.4 Å². The average molecular weight is 330 g/mol. The normalized spacial score (nSPS) is 19.0. The predicted octanol–water partition coefficient (Wildman–Crippen LogP) is 2.01. The van der Waals surface area contributed by atoms with Crippen molar-refractivity contribution in [3.63, 3.8) is 0 Å². The molecule has 6 nitrogen and oxygen atoms in total. The molecule has 1 saturated heterocycles. The van der Waals surface area contributed by atoms with Crippen molar-refractivity contribution in [2.45, 2.75) is 39.3 Å². The lowest BCUT2D eigenvalue weighted by molar-refractivity contribution is 0.127. The molecule has 2 aromatic rings. The number of nitrogens with zero attached hydrogens (tertiary/aromatic N) is 4. The second-order valence-corrected chi connectivity index (χ2v) is 6.28. The van der Waals surface area contributed by atoms with Gasteiger partial charge in [-0.05, 0) is 31.9 Å². The van der Waals surface area contributed by atoms with Crippen LogP contribution in [0.25, 0.3) is 0 Å². The third-order valence-electron chi connectivity index (χ3n) is 4.65. The van der Waals surface area contributed by atoms with Gasteiger partial charge in [0.2, 0.25) is 0 Å². The maximum absolute atomic E-state index is 9.47. The smallest absolute Gasteiger partial charge is 0.135 e. The average Bonchev–Trinajstić information content (AvgIpc) is 3.10. The van der Waals surface area contributed by atoms with E-state index in [1.165, 1.54) is 5.56 Å². The second-order valence-electron chi connectivity index (χ2n) is 6.28. The number of aryl methyl sites for hydroxylation is 2. The molecule has 1 N–H and O–H groups in total. The molecule has 2 aromatic heterocycles. The van der Waals surface area contributed by atoms with Crippen LogP contribution in [0, 0.1) is 6.92 Å². The lowest BCUT2D eigenvalue weighted by Gasteiger charge is -2.42. The van der Waals surface area contributed by atoms with Crippen molar-refractivity contribution >= 4 is 5.82 Å². The van der Waals surface area contributed by atoms with Crippen LogP contribution in [-0.2, 0) is 13.0 Å². The number of hydrogen-bond acceptors (Lipinski definition) is 6. The minimum atomic E-state index is 0.191. The van der Waals surface area contributed by atoms with E-state index in [1.54, 1.807) is 6.26 Å². The highest BCUT2D eigenvalue weighted by Gasteiger charge is 2.29. The van der Waals surface area contributed by atoms with Gasteiger partial charge >= 0.3 is 0 Å². The van der Waals surface area contributed by atoms with Gasteiger partial charge in [-0.15, -0.1) is 0 Å². The van der Waals surface area contributed by atoms with Gasteiger partial charge in [0.15, 0.2) is 0 Å². The first-order valence-corrected chi connectivity index (χ1v) is 8.66. The molecule has 3 heterocycles. The van der Waals surface area contributed by atoms with E-state index in [2.05, 4.69) is 26.7 Å². The second kappa shape index (κ2) is 7.77. The van der Waals surface area contributed by atoms with E-state index in [1.807, 2.05) is 25.3 Å². The number of piperazine rings is 1. The van der Waals surface area contributed by atoms with Gasteiger partial charge in [0.05, 0.1) is 12.8 Å². The highest BCUT2D eigenvalue weighted by molar-refractivity contribution is 5.47. The van der Waals surface area contributed by atoms with Crippen LogP contribution >= 0.6 is 0 Å². The van der Waals surface area contributed by atoms with Gasteiger partial charge in [-0.25, -0.2) is 9.97 Å². The van der Waals surface area contributed by atoms with Crippen LogP contribution in [0.15, 0.2) is 29.0 Å². The van der Waals surface area contributed by atoms with Crippen LogP contribution < -0.4 is 4.90 Å². The van der Waals surface area contributed by atoms with Gasteiger partial charge < -0.3 is 14.4 Å². The fourth-order valence-electron chi connectivity index (χ4n) is 3.33. The Balaban J connectivity index is 1.76. The first-order chi connectivity index (χ1) is 11.7. The maximum Gasteiger partial charge on any atom is 0.135 e. The van der Waals surface area contributed by atoms with E-state index in [9.17, 15) is 5.11 Å². The predicted molar refractivity (Wildman–Crippen MR) is 93.0 cm³/mol. The van der Waals surface area contributed by atoms with E-state index in [4.69, 9.17) is 4.42 Å². The number of aromatic nitrogens is 2. The van der Waals surface area contributed by atoms with Crippen molar-refractivity contribution < 1.29 is 9.52 Å². The van der Waals surface area contributed by atoms with Gasteiger partial charge in [-0.1, -0.05) is 6.92 Å². The van der Waals surface area contributed by atoms with E-state index in [-0.39, 0.29) is 12.6 Å². The molecule has 1 aliphatic heterocycles. The highest BCUT2D eigenvalue weighted by atomic mass is 16.3. The fourth-order valence-corrected chi connectivity index (χ4v) is 3.33. The summed E-state index contributed by atoms with van der Waals surface area (Å²) >= 11 is 0. The van der Waals surface area contributed by atoms with Crippen LogP contribution in [0.3, 0.4) is 0 Å².